The van der Waals surface area contributed by atoms with Gasteiger partial charge in [0.15, 0.2) is 0 Å². The molecule has 2 nitrogen and oxygen atoms in total. The SMILES string of the molecule is O=C(NCCCCl)c1cc(Cl)cc(Cl)c1. The normalized spacial score (nSPS) is 10.1. The summed E-state index contributed by atoms with van der Waals surface area (Å²) in [5, 5.41) is 3.61. The van der Waals surface area contributed by atoms with Gasteiger partial charge in [-0.15, -0.1) is 11.6 Å². The van der Waals surface area contributed by atoms with Crippen LogP contribution in [-0.2, 0) is 0 Å². The van der Waals surface area contributed by atoms with E-state index in [1.54, 1.807) is 18.2 Å². The average Bonchev–Trinajstić information content (AvgIpc) is 2.16. The Hall–Kier alpha value is -0.440. The molecule has 1 aromatic carbocycles. The van der Waals surface area contributed by atoms with E-state index in [1.165, 1.54) is 0 Å². The lowest BCUT2D eigenvalue weighted by Crippen LogP contribution is -2.24. The van der Waals surface area contributed by atoms with Gasteiger partial charge >= 0.3 is 0 Å². The van der Waals surface area contributed by atoms with Crippen LogP contribution in [0.15, 0.2) is 18.2 Å². The molecule has 0 bridgehead atoms. The molecule has 0 aliphatic heterocycles. The third-order valence-corrected chi connectivity index (χ3v) is 2.42. The standard InChI is InChI=1S/C10H10Cl3NO/c11-2-1-3-14-10(15)7-4-8(12)6-9(13)5-7/h4-6H,1-3H2,(H,14,15). The van der Waals surface area contributed by atoms with Crippen LogP contribution in [-0.4, -0.2) is 18.3 Å². The summed E-state index contributed by atoms with van der Waals surface area (Å²) in [4.78, 5) is 11.6. The van der Waals surface area contributed by atoms with Crippen molar-refractivity contribution in [2.24, 2.45) is 0 Å². The Labute approximate surface area is 104 Å². The molecule has 1 rings (SSSR count). The highest BCUT2D eigenvalue weighted by Gasteiger charge is 2.06. The number of hydrogen-bond donors (Lipinski definition) is 1. The maximum atomic E-state index is 11.6. The van der Waals surface area contributed by atoms with Crippen LogP contribution in [0.1, 0.15) is 16.8 Å². The van der Waals surface area contributed by atoms with E-state index in [0.29, 0.717) is 28.0 Å². The van der Waals surface area contributed by atoms with Crippen molar-refractivity contribution < 1.29 is 4.79 Å². The van der Waals surface area contributed by atoms with Gasteiger partial charge in [-0.25, -0.2) is 0 Å². The van der Waals surface area contributed by atoms with E-state index in [0.717, 1.165) is 6.42 Å². The van der Waals surface area contributed by atoms with Crippen LogP contribution in [0, 0.1) is 0 Å². The zero-order valence-electron chi connectivity index (χ0n) is 7.90. The zero-order valence-corrected chi connectivity index (χ0v) is 10.2. The van der Waals surface area contributed by atoms with Crippen LogP contribution in [0.2, 0.25) is 10.0 Å². The summed E-state index contributed by atoms with van der Waals surface area (Å²) < 4.78 is 0. The van der Waals surface area contributed by atoms with Crippen molar-refractivity contribution in [3.05, 3.63) is 33.8 Å². The topological polar surface area (TPSA) is 29.1 Å². The van der Waals surface area contributed by atoms with E-state index in [-0.39, 0.29) is 5.91 Å². The number of benzene rings is 1. The van der Waals surface area contributed by atoms with Gasteiger partial charge in [-0.05, 0) is 24.6 Å². The highest BCUT2D eigenvalue weighted by Crippen LogP contribution is 2.18. The molecule has 0 saturated carbocycles. The molecular formula is C10H10Cl3NO. The zero-order chi connectivity index (χ0) is 11.3. The molecule has 1 amide bonds. The van der Waals surface area contributed by atoms with Crippen LogP contribution < -0.4 is 5.32 Å². The van der Waals surface area contributed by atoms with Gasteiger partial charge in [0.2, 0.25) is 0 Å². The van der Waals surface area contributed by atoms with Crippen LogP contribution >= 0.6 is 34.8 Å². The molecule has 0 aliphatic carbocycles. The Morgan fingerprint density at radius 3 is 2.33 bits per heavy atom. The minimum atomic E-state index is -0.190. The summed E-state index contributed by atoms with van der Waals surface area (Å²) >= 11 is 17.0. The second-order valence-corrected chi connectivity index (χ2v) is 4.21. The monoisotopic (exact) mass is 265 g/mol. The van der Waals surface area contributed by atoms with Crippen LogP contribution in [0.4, 0.5) is 0 Å². The van der Waals surface area contributed by atoms with Crippen molar-refractivity contribution in [3.63, 3.8) is 0 Å². The Morgan fingerprint density at radius 1 is 1.20 bits per heavy atom. The van der Waals surface area contributed by atoms with E-state index in [1.807, 2.05) is 0 Å². The molecule has 0 aliphatic rings. The van der Waals surface area contributed by atoms with Crippen molar-refractivity contribution in [1.29, 1.82) is 0 Å². The van der Waals surface area contributed by atoms with E-state index < -0.39 is 0 Å². The van der Waals surface area contributed by atoms with Gasteiger partial charge in [0.05, 0.1) is 0 Å². The highest BCUT2D eigenvalue weighted by molar-refractivity contribution is 6.35. The summed E-state index contributed by atoms with van der Waals surface area (Å²) in [6.45, 7) is 0.548. The first-order valence-corrected chi connectivity index (χ1v) is 5.73. The third-order valence-electron chi connectivity index (χ3n) is 1.72. The second kappa shape index (κ2) is 6.21. The quantitative estimate of drug-likeness (QED) is 0.657. The van der Waals surface area contributed by atoms with Crippen LogP contribution in [0.5, 0.6) is 0 Å². The predicted octanol–water partition coefficient (Wildman–Crippen LogP) is 3.35. The summed E-state index contributed by atoms with van der Waals surface area (Å²) in [5.74, 6) is 0.334. The molecule has 0 atom stereocenters. The molecule has 0 radical (unpaired) electrons. The van der Waals surface area contributed by atoms with Gasteiger partial charge in [-0.2, -0.15) is 0 Å². The van der Waals surface area contributed by atoms with Crippen LogP contribution in [0.25, 0.3) is 0 Å². The number of hydrogen-bond acceptors (Lipinski definition) is 1. The molecule has 0 unspecified atom stereocenters. The first kappa shape index (κ1) is 12.6. The lowest BCUT2D eigenvalue weighted by atomic mass is 10.2. The number of alkyl halides is 1. The minimum Gasteiger partial charge on any atom is -0.352 e. The first-order chi connectivity index (χ1) is 7.13. The van der Waals surface area contributed by atoms with Crippen molar-refractivity contribution in [3.8, 4) is 0 Å². The molecule has 0 saturated heterocycles. The van der Waals surface area contributed by atoms with Crippen molar-refractivity contribution in [1.82, 2.24) is 5.32 Å². The number of amides is 1. The number of halogens is 3. The van der Waals surface area contributed by atoms with Gasteiger partial charge in [0.1, 0.15) is 0 Å². The lowest BCUT2D eigenvalue weighted by molar-refractivity contribution is 0.0954. The summed E-state index contributed by atoms with van der Waals surface area (Å²) in [5.41, 5.74) is 0.460. The second-order valence-electron chi connectivity index (χ2n) is 2.96. The molecule has 0 aromatic heterocycles. The third kappa shape index (κ3) is 4.29. The molecule has 1 aromatic rings. The summed E-state index contributed by atoms with van der Waals surface area (Å²) in [6, 6.07) is 4.73. The van der Waals surface area contributed by atoms with Gasteiger partial charge in [-0.3, -0.25) is 4.79 Å². The molecular weight excluding hydrogens is 256 g/mol. The Morgan fingerprint density at radius 2 is 1.80 bits per heavy atom. The molecule has 0 fully saturated rings. The average molecular weight is 267 g/mol. The highest BCUT2D eigenvalue weighted by atomic mass is 35.5. The largest absolute Gasteiger partial charge is 0.352 e. The minimum absolute atomic E-state index is 0.190. The van der Waals surface area contributed by atoms with Gasteiger partial charge in [0, 0.05) is 28.0 Å². The molecule has 15 heavy (non-hydrogen) atoms. The Kier molecular flexibility index (Phi) is 5.23. The fourth-order valence-electron chi connectivity index (χ4n) is 1.06. The van der Waals surface area contributed by atoms with E-state index in [4.69, 9.17) is 34.8 Å². The van der Waals surface area contributed by atoms with Crippen molar-refractivity contribution >= 4 is 40.7 Å². The van der Waals surface area contributed by atoms with Gasteiger partial charge in [-0.1, -0.05) is 23.2 Å². The fraction of sp³-hybridized carbons (Fsp3) is 0.300. The maximum absolute atomic E-state index is 11.6. The summed E-state index contributed by atoms with van der Waals surface area (Å²) in [6.07, 6.45) is 0.738. The lowest BCUT2D eigenvalue weighted by Gasteiger charge is -2.04. The van der Waals surface area contributed by atoms with Gasteiger partial charge < -0.3 is 5.32 Å². The predicted molar refractivity (Wildman–Crippen MR) is 64.1 cm³/mol. The Balaban J connectivity index is 2.65. The van der Waals surface area contributed by atoms with Crippen molar-refractivity contribution in [2.45, 2.75) is 6.42 Å². The fourth-order valence-corrected chi connectivity index (χ4v) is 1.72. The first-order valence-electron chi connectivity index (χ1n) is 4.43. The van der Waals surface area contributed by atoms with E-state index >= 15 is 0 Å². The Bertz CT molecular complexity index is 334. The molecule has 0 heterocycles. The maximum Gasteiger partial charge on any atom is 0.251 e. The molecule has 1 N–H and O–H groups in total. The van der Waals surface area contributed by atoms with Crippen molar-refractivity contribution in [2.75, 3.05) is 12.4 Å². The molecule has 0 spiro atoms. The number of carbonyl (C=O) groups excluding carboxylic acids is 1. The number of carbonyl (C=O) groups is 1. The molecule has 82 valence electrons. The van der Waals surface area contributed by atoms with E-state index in [9.17, 15) is 4.79 Å². The van der Waals surface area contributed by atoms with Crippen LogP contribution in [0.3, 0.4) is 0 Å². The summed E-state index contributed by atoms with van der Waals surface area (Å²) in [7, 11) is 0. The smallest absolute Gasteiger partial charge is 0.251 e. The number of nitrogens with one attached hydrogen (secondary N) is 1. The number of rotatable bonds is 4. The van der Waals surface area contributed by atoms with E-state index in [2.05, 4.69) is 5.32 Å². The van der Waals surface area contributed by atoms with Gasteiger partial charge in [0.25, 0.3) is 5.91 Å². The molecule has 5 heteroatoms.